The molecule has 0 aliphatic rings. The lowest BCUT2D eigenvalue weighted by Gasteiger charge is -2.28. The third kappa shape index (κ3) is 6.16. The third-order valence-corrected chi connectivity index (χ3v) is 3.14. The molecule has 0 radical (unpaired) electrons. The Labute approximate surface area is 90.6 Å². The fourth-order valence-electron chi connectivity index (χ4n) is 1.39. The predicted molar refractivity (Wildman–Crippen MR) is 67.2 cm³/mol. The lowest BCUT2D eigenvalue weighted by atomic mass is 10.00. The van der Waals surface area contributed by atoms with Gasteiger partial charge in [0.2, 0.25) is 0 Å². The molecule has 0 rings (SSSR count). The summed E-state index contributed by atoms with van der Waals surface area (Å²) in [5.41, 5.74) is 1.25. The number of rotatable bonds is 6. The van der Waals surface area contributed by atoms with E-state index in [4.69, 9.17) is 4.43 Å². The average molecular weight is 212 g/mol. The Morgan fingerprint density at radius 2 is 2.00 bits per heavy atom. The van der Waals surface area contributed by atoms with Crippen molar-refractivity contribution in [3.63, 3.8) is 0 Å². The van der Waals surface area contributed by atoms with Crippen molar-refractivity contribution < 1.29 is 4.43 Å². The van der Waals surface area contributed by atoms with E-state index in [-0.39, 0.29) is 5.60 Å². The second-order valence-electron chi connectivity index (χ2n) is 4.50. The van der Waals surface area contributed by atoms with E-state index in [0.717, 1.165) is 12.8 Å². The fraction of sp³-hybridized carbons (Fsp3) is 0.667. The largest absolute Gasteiger partial charge is 0.412 e. The Bertz CT molecular complexity index is 204. The van der Waals surface area contributed by atoms with Crippen LogP contribution in [0.2, 0.25) is 13.1 Å². The van der Waals surface area contributed by atoms with Gasteiger partial charge in [-0.25, -0.2) is 0 Å². The molecule has 1 nitrogen and oxygen atoms in total. The molecule has 0 aliphatic heterocycles. The maximum atomic E-state index is 5.96. The SMILES string of the molecule is C=CC(C)(CCC=C(C)C)O[SiH](C)C. The quantitative estimate of drug-likeness (QED) is 0.482. The highest BCUT2D eigenvalue weighted by atomic mass is 28.3. The van der Waals surface area contributed by atoms with Crippen molar-refractivity contribution in [1.29, 1.82) is 0 Å². The minimum atomic E-state index is -0.972. The number of hydrogen-bond donors (Lipinski definition) is 0. The lowest BCUT2D eigenvalue weighted by Crippen LogP contribution is -2.31. The van der Waals surface area contributed by atoms with Crippen molar-refractivity contribution in [2.45, 2.75) is 52.3 Å². The van der Waals surface area contributed by atoms with Gasteiger partial charge in [-0.05, 0) is 46.7 Å². The highest BCUT2D eigenvalue weighted by molar-refractivity contribution is 6.48. The van der Waals surface area contributed by atoms with Crippen molar-refractivity contribution >= 4 is 9.04 Å². The molecule has 0 spiro atoms. The van der Waals surface area contributed by atoms with Crippen molar-refractivity contribution in [1.82, 2.24) is 0 Å². The molecule has 0 amide bonds. The summed E-state index contributed by atoms with van der Waals surface area (Å²) in [6, 6.07) is 0. The summed E-state index contributed by atoms with van der Waals surface area (Å²) < 4.78 is 5.96. The van der Waals surface area contributed by atoms with E-state index < -0.39 is 9.04 Å². The van der Waals surface area contributed by atoms with Gasteiger partial charge < -0.3 is 4.43 Å². The predicted octanol–water partition coefficient (Wildman–Crippen LogP) is 3.68. The van der Waals surface area contributed by atoms with E-state index in [1.54, 1.807) is 0 Å². The molecule has 0 heterocycles. The molecule has 0 saturated heterocycles. The zero-order valence-electron chi connectivity index (χ0n) is 10.3. The Morgan fingerprint density at radius 1 is 1.43 bits per heavy atom. The molecule has 2 heteroatoms. The van der Waals surface area contributed by atoms with Crippen LogP contribution in [-0.2, 0) is 4.43 Å². The van der Waals surface area contributed by atoms with Crippen LogP contribution in [0.5, 0.6) is 0 Å². The summed E-state index contributed by atoms with van der Waals surface area (Å²) in [6.45, 7) is 14.6. The number of allylic oxidation sites excluding steroid dienone is 2. The van der Waals surface area contributed by atoms with E-state index in [2.05, 4.69) is 46.5 Å². The summed E-state index contributed by atoms with van der Waals surface area (Å²) >= 11 is 0. The van der Waals surface area contributed by atoms with Gasteiger partial charge in [0.15, 0.2) is 9.04 Å². The van der Waals surface area contributed by atoms with Gasteiger partial charge in [0.25, 0.3) is 0 Å². The smallest absolute Gasteiger partial charge is 0.172 e. The van der Waals surface area contributed by atoms with Crippen LogP contribution in [0.3, 0.4) is 0 Å². The van der Waals surface area contributed by atoms with Crippen LogP contribution in [0.4, 0.5) is 0 Å². The normalized spacial score (nSPS) is 15.0. The summed E-state index contributed by atoms with van der Waals surface area (Å²) in [5.74, 6) is 0. The van der Waals surface area contributed by atoms with E-state index in [1.165, 1.54) is 5.57 Å². The van der Waals surface area contributed by atoms with Gasteiger partial charge >= 0.3 is 0 Å². The maximum absolute atomic E-state index is 5.96. The minimum absolute atomic E-state index is 0.119. The molecular formula is C12H24OSi. The van der Waals surface area contributed by atoms with Crippen LogP contribution in [0, 0.1) is 0 Å². The first kappa shape index (κ1) is 13.7. The summed E-state index contributed by atoms with van der Waals surface area (Å²) in [5, 5.41) is 0. The highest BCUT2D eigenvalue weighted by Gasteiger charge is 2.20. The number of hydrogen-bond acceptors (Lipinski definition) is 1. The standard InChI is InChI=1S/C12H24OSi/c1-7-12(4,13-14(5)6)10-8-9-11(2)3/h7,9,14H,1,8,10H2,2-6H3. The second-order valence-corrected chi connectivity index (χ2v) is 6.84. The molecule has 14 heavy (non-hydrogen) atoms. The summed E-state index contributed by atoms with van der Waals surface area (Å²) in [4.78, 5) is 0. The summed E-state index contributed by atoms with van der Waals surface area (Å²) in [7, 11) is -0.972. The minimum Gasteiger partial charge on any atom is -0.412 e. The van der Waals surface area contributed by atoms with Gasteiger partial charge in [0.1, 0.15) is 0 Å². The molecule has 0 fully saturated rings. The molecule has 1 atom stereocenters. The molecule has 0 aromatic carbocycles. The van der Waals surface area contributed by atoms with Gasteiger partial charge in [-0.2, -0.15) is 0 Å². The zero-order valence-corrected chi connectivity index (χ0v) is 11.4. The van der Waals surface area contributed by atoms with Crippen molar-refractivity contribution in [2.75, 3.05) is 0 Å². The van der Waals surface area contributed by atoms with Crippen LogP contribution in [0.25, 0.3) is 0 Å². The van der Waals surface area contributed by atoms with Gasteiger partial charge in [-0.3, -0.25) is 0 Å². The highest BCUT2D eigenvalue weighted by Crippen LogP contribution is 2.20. The summed E-state index contributed by atoms with van der Waals surface area (Å²) in [6.07, 6.45) is 6.31. The van der Waals surface area contributed by atoms with Crippen LogP contribution >= 0.6 is 0 Å². The second kappa shape index (κ2) is 6.20. The third-order valence-electron chi connectivity index (χ3n) is 2.13. The molecule has 1 unspecified atom stereocenters. The molecule has 0 aliphatic carbocycles. The van der Waals surface area contributed by atoms with Crippen LogP contribution in [-0.4, -0.2) is 14.6 Å². The van der Waals surface area contributed by atoms with Crippen LogP contribution < -0.4 is 0 Å². The molecule has 0 aromatic rings. The molecule has 0 N–H and O–H groups in total. The maximum Gasteiger partial charge on any atom is 0.172 e. The molecule has 0 aromatic heterocycles. The Hall–Kier alpha value is -0.343. The van der Waals surface area contributed by atoms with Gasteiger partial charge in [0.05, 0.1) is 5.60 Å². The Kier molecular flexibility index (Phi) is 6.05. The van der Waals surface area contributed by atoms with E-state index in [9.17, 15) is 0 Å². The van der Waals surface area contributed by atoms with Crippen molar-refractivity contribution in [3.8, 4) is 0 Å². The van der Waals surface area contributed by atoms with Crippen molar-refractivity contribution in [3.05, 3.63) is 24.3 Å². The van der Waals surface area contributed by atoms with Crippen LogP contribution in [0.1, 0.15) is 33.6 Å². The van der Waals surface area contributed by atoms with Crippen molar-refractivity contribution in [2.24, 2.45) is 0 Å². The fourth-order valence-corrected chi connectivity index (χ4v) is 2.69. The first-order valence-electron chi connectivity index (χ1n) is 5.34. The van der Waals surface area contributed by atoms with Gasteiger partial charge in [-0.15, -0.1) is 6.58 Å². The van der Waals surface area contributed by atoms with E-state index in [0.29, 0.717) is 0 Å². The first-order chi connectivity index (χ1) is 6.39. The van der Waals surface area contributed by atoms with Gasteiger partial charge in [-0.1, -0.05) is 17.7 Å². The van der Waals surface area contributed by atoms with E-state index in [1.807, 2.05) is 6.08 Å². The molecule has 82 valence electrons. The monoisotopic (exact) mass is 212 g/mol. The topological polar surface area (TPSA) is 9.23 Å². The zero-order chi connectivity index (χ0) is 11.2. The lowest BCUT2D eigenvalue weighted by molar-refractivity contribution is 0.133. The molecule has 0 bridgehead atoms. The van der Waals surface area contributed by atoms with Gasteiger partial charge in [0, 0.05) is 0 Å². The first-order valence-corrected chi connectivity index (χ1v) is 8.12. The average Bonchev–Trinajstić information content (AvgIpc) is 2.02. The van der Waals surface area contributed by atoms with Crippen LogP contribution in [0.15, 0.2) is 24.3 Å². The van der Waals surface area contributed by atoms with E-state index >= 15 is 0 Å². The molecular weight excluding hydrogens is 188 g/mol. The Morgan fingerprint density at radius 3 is 2.36 bits per heavy atom. The Balaban J connectivity index is 4.12. The molecule has 0 saturated carbocycles.